The van der Waals surface area contributed by atoms with Crippen molar-refractivity contribution in [2.24, 2.45) is 0 Å². The molecule has 2 aromatic carbocycles. The molecule has 146 valence electrons. The number of hydrogen-bond donors (Lipinski definition) is 1. The summed E-state index contributed by atoms with van der Waals surface area (Å²) in [6, 6.07) is 12.7. The number of anilines is 1. The predicted molar refractivity (Wildman–Crippen MR) is 115 cm³/mol. The molecule has 0 fully saturated rings. The number of rotatable bonds is 10. The molecule has 1 atom stereocenters. The molecule has 0 aliphatic heterocycles. The van der Waals surface area contributed by atoms with Crippen molar-refractivity contribution in [3.05, 3.63) is 52.5 Å². The number of halogens is 2. The normalized spacial score (nSPS) is 11.7. The summed E-state index contributed by atoms with van der Waals surface area (Å²) in [5.41, 5.74) is 0.444. The smallest absolute Gasteiger partial charge is 0.237 e. The average molecular weight is 428 g/mol. The third-order valence-electron chi connectivity index (χ3n) is 3.60. The van der Waals surface area contributed by atoms with Gasteiger partial charge in [0, 0.05) is 5.75 Å². The summed E-state index contributed by atoms with van der Waals surface area (Å²) in [6.07, 6.45) is 0.976. The molecule has 0 aliphatic rings. The van der Waals surface area contributed by atoms with Crippen LogP contribution >= 0.6 is 35.0 Å². The van der Waals surface area contributed by atoms with Gasteiger partial charge in [0.05, 0.1) is 34.2 Å². The number of carbonyl (C=O) groups is 1. The number of nitrogens with one attached hydrogen (secondary N) is 1. The van der Waals surface area contributed by atoms with Gasteiger partial charge in [-0.25, -0.2) is 0 Å². The number of thioether (sulfide) groups is 1. The topological polar surface area (TPSA) is 47.6 Å². The molecule has 1 N–H and O–H groups in total. The fourth-order valence-corrected chi connectivity index (χ4v) is 3.39. The van der Waals surface area contributed by atoms with Crippen LogP contribution in [0.25, 0.3) is 0 Å². The highest BCUT2D eigenvalue weighted by atomic mass is 35.5. The maximum absolute atomic E-state index is 12.3. The van der Waals surface area contributed by atoms with E-state index in [2.05, 4.69) is 12.2 Å². The van der Waals surface area contributed by atoms with E-state index in [1.165, 1.54) is 11.8 Å². The standard InChI is InChI=1S/C20H23Cl2NO3S/c1-3-11-25-15-7-9-16(10-8-15)26-12-13-27-14(2)20(24)23-19-17(21)5-4-6-18(19)22/h4-10,14H,3,11-13H2,1-2H3,(H,23,24)/t14-/m0/s1. The largest absolute Gasteiger partial charge is 0.494 e. The lowest BCUT2D eigenvalue weighted by Gasteiger charge is -2.14. The quantitative estimate of drug-likeness (QED) is 0.477. The molecule has 0 saturated heterocycles. The van der Waals surface area contributed by atoms with Crippen molar-refractivity contribution >= 4 is 46.6 Å². The average Bonchev–Trinajstić information content (AvgIpc) is 2.67. The summed E-state index contributed by atoms with van der Waals surface area (Å²) in [7, 11) is 0. The van der Waals surface area contributed by atoms with Crippen molar-refractivity contribution in [1.82, 2.24) is 0 Å². The van der Waals surface area contributed by atoms with E-state index in [1.807, 2.05) is 31.2 Å². The number of carbonyl (C=O) groups excluding carboxylic acids is 1. The van der Waals surface area contributed by atoms with Crippen molar-refractivity contribution in [3.63, 3.8) is 0 Å². The van der Waals surface area contributed by atoms with Crippen molar-refractivity contribution in [1.29, 1.82) is 0 Å². The van der Waals surface area contributed by atoms with Crippen LogP contribution in [0.1, 0.15) is 20.3 Å². The Kier molecular flexibility index (Phi) is 9.11. The monoisotopic (exact) mass is 427 g/mol. The third-order valence-corrected chi connectivity index (χ3v) is 5.34. The van der Waals surface area contributed by atoms with E-state index in [-0.39, 0.29) is 11.2 Å². The van der Waals surface area contributed by atoms with Crippen LogP contribution < -0.4 is 14.8 Å². The maximum Gasteiger partial charge on any atom is 0.237 e. The van der Waals surface area contributed by atoms with Crippen molar-refractivity contribution in [2.45, 2.75) is 25.5 Å². The molecule has 0 radical (unpaired) electrons. The summed E-state index contributed by atoms with van der Waals surface area (Å²) < 4.78 is 11.2. The summed E-state index contributed by atoms with van der Waals surface area (Å²) in [5.74, 6) is 2.15. The number of hydrogen-bond acceptors (Lipinski definition) is 4. The summed E-state index contributed by atoms with van der Waals surface area (Å²) >= 11 is 13.7. The molecule has 27 heavy (non-hydrogen) atoms. The first-order valence-corrected chi connectivity index (χ1v) is 10.5. The Morgan fingerprint density at radius 2 is 1.59 bits per heavy atom. The molecule has 1 amide bonds. The zero-order valence-corrected chi connectivity index (χ0v) is 17.7. The second-order valence-electron chi connectivity index (χ2n) is 5.77. The van der Waals surface area contributed by atoms with Gasteiger partial charge in [0.15, 0.2) is 0 Å². The minimum atomic E-state index is -0.259. The van der Waals surface area contributed by atoms with Crippen LogP contribution in [0.5, 0.6) is 11.5 Å². The van der Waals surface area contributed by atoms with Crippen LogP contribution in [-0.4, -0.2) is 30.1 Å². The van der Waals surface area contributed by atoms with Gasteiger partial charge in [-0.2, -0.15) is 0 Å². The molecule has 2 rings (SSSR count). The van der Waals surface area contributed by atoms with Gasteiger partial charge in [-0.1, -0.05) is 36.2 Å². The number of ether oxygens (including phenoxy) is 2. The van der Waals surface area contributed by atoms with E-state index in [4.69, 9.17) is 32.7 Å². The van der Waals surface area contributed by atoms with E-state index in [9.17, 15) is 4.79 Å². The van der Waals surface area contributed by atoms with E-state index in [0.29, 0.717) is 34.7 Å². The Bertz CT molecular complexity index is 720. The Labute approximate surface area is 174 Å². The zero-order chi connectivity index (χ0) is 19.6. The lowest BCUT2D eigenvalue weighted by molar-refractivity contribution is -0.115. The first kappa shape index (κ1) is 21.7. The molecular weight excluding hydrogens is 405 g/mol. The SMILES string of the molecule is CCCOc1ccc(OCCS[C@@H](C)C(=O)Nc2c(Cl)cccc2Cl)cc1. The molecule has 0 spiro atoms. The Hall–Kier alpha value is -1.56. The number of benzene rings is 2. The predicted octanol–water partition coefficient (Wildman–Crippen LogP) is 5.92. The number of para-hydroxylation sites is 1. The van der Waals surface area contributed by atoms with Gasteiger partial charge < -0.3 is 14.8 Å². The highest BCUT2D eigenvalue weighted by Gasteiger charge is 2.16. The van der Waals surface area contributed by atoms with Crippen LogP contribution in [-0.2, 0) is 4.79 Å². The summed E-state index contributed by atoms with van der Waals surface area (Å²) in [4.78, 5) is 12.3. The van der Waals surface area contributed by atoms with Gasteiger partial charge in [0.25, 0.3) is 0 Å². The molecule has 7 heteroatoms. The Morgan fingerprint density at radius 1 is 1.04 bits per heavy atom. The second-order valence-corrected chi connectivity index (χ2v) is 8.03. The molecule has 0 aliphatic carbocycles. The van der Waals surface area contributed by atoms with Crippen molar-refractivity contribution < 1.29 is 14.3 Å². The first-order valence-electron chi connectivity index (χ1n) is 8.73. The van der Waals surface area contributed by atoms with Gasteiger partial charge in [0.1, 0.15) is 11.5 Å². The van der Waals surface area contributed by atoms with Gasteiger partial charge in [-0.15, -0.1) is 11.8 Å². The van der Waals surface area contributed by atoms with Crippen LogP contribution in [0.2, 0.25) is 10.0 Å². The summed E-state index contributed by atoms with van der Waals surface area (Å²) in [5, 5.41) is 3.36. The molecule has 0 saturated carbocycles. The first-order chi connectivity index (χ1) is 13.0. The number of amides is 1. The molecular formula is C20H23Cl2NO3S. The molecule has 0 bridgehead atoms. The van der Waals surface area contributed by atoms with Gasteiger partial charge >= 0.3 is 0 Å². The highest BCUT2D eigenvalue weighted by Crippen LogP contribution is 2.30. The van der Waals surface area contributed by atoms with Crippen molar-refractivity contribution in [2.75, 3.05) is 24.3 Å². The second kappa shape index (κ2) is 11.3. The maximum atomic E-state index is 12.3. The van der Waals surface area contributed by atoms with Gasteiger partial charge in [0.2, 0.25) is 5.91 Å². The molecule has 2 aromatic rings. The minimum absolute atomic E-state index is 0.146. The van der Waals surface area contributed by atoms with Gasteiger partial charge in [-0.3, -0.25) is 4.79 Å². The van der Waals surface area contributed by atoms with Crippen LogP contribution in [0, 0.1) is 0 Å². The van der Waals surface area contributed by atoms with Gasteiger partial charge in [-0.05, 0) is 49.7 Å². The van der Waals surface area contributed by atoms with Crippen molar-refractivity contribution in [3.8, 4) is 11.5 Å². The fourth-order valence-electron chi connectivity index (χ4n) is 2.15. The summed E-state index contributed by atoms with van der Waals surface area (Å²) in [6.45, 7) is 5.12. The molecule has 0 aromatic heterocycles. The van der Waals surface area contributed by atoms with E-state index < -0.39 is 0 Å². The third kappa shape index (κ3) is 7.17. The highest BCUT2D eigenvalue weighted by molar-refractivity contribution is 8.00. The van der Waals surface area contributed by atoms with E-state index in [0.717, 1.165) is 17.9 Å². The lowest BCUT2D eigenvalue weighted by atomic mass is 10.3. The Morgan fingerprint density at radius 3 is 2.15 bits per heavy atom. The van der Waals surface area contributed by atoms with Crippen LogP contribution in [0.4, 0.5) is 5.69 Å². The zero-order valence-electron chi connectivity index (χ0n) is 15.3. The molecule has 0 heterocycles. The van der Waals surface area contributed by atoms with Crippen LogP contribution in [0.3, 0.4) is 0 Å². The molecule has 0 unspecified atom stereocenters. The fraction of sp³-hybridized carbons (Fsp3) is 0.350. The Balaban J connectivity index is 1.72. The van der Waals surface area contributed by atoms with E-state index in [1.54, 1.807) is 18.2 Å². The lowest BCUT2D eigenvalue weighted by Crippen LogP contribution is -2.23. The molecule has 4 nitrogen and oxygen atoms in total. The van der Waals surface area contributed by atoms with Crippen LogP contribution in [0.15, 0.2) is 42.5 Å². The minimum Gasteiger partial charge on any atom is -0.494 e. The van der Waals surface area contributed by atoms with E-state index >= 15 is 0 Å².